The molecule has 0 saturated heterocycles. The van der Waals surface area contributed by atoms with Crippen molar-refractivity contribution < 1.29 is 8.78 Å². The van der Waals surface area contributed by atoms with Crippen molar-refractivity contribution in [1.29, 1.82) is 0 Å². The van der Waals surface area contributed by atoms with Crippen molar-refractivity contribution in [1.82, 2.24) is 14.6 Å². The van der Waals surface area contributed by atoms with Gasteiger partial charge in [0, 0.05) is 18.5 Å². The molecule has 2 aromatic heterocycles. The summed E-state index contributed by atoms with van der Waals surface area (Å²) in [5, 5.41) is 3.98. The van der Waals surface area contributed by atoms with Crippen molar-refractivity contribution in [2.45, 2.75) is 25.3 Å². The van der Waals surface area contributed by atoms with Crippen LogP contribution < -0.4 is 5.73 Å². The lowest BCUT2D eigenvalue weighted by molar-refractivity contribution is 0.0638. The molecule has 0 bridgehead atoms. The molecule has 0 radical (unpaired) electrons. The summed E-state index contributed by atoms with van der Waals surface area (Å²) in [7, 11) is 0. The second-order valence-corrected chi connectivity index (χ2v) is 4.08. The minimum Gasteiger partial charge on any atom is -0.320 e. The molecule has 4 nitrogen and oxygen atoms in total. The van der Waals surface area contributed by atoms with Crippen LogP contribution >= 0.6 is 0 Å². The van der Waals surface area contributed by atoms with Crippen molar-refractivity contribution in [2.24, 2.45) is 5.73 Å². The minimum absolute atomic E-state index is 0.0630. The van der Waals surface area contributed by atoms with Crippen LogP contribution in [0.1, 0.15) is 12.5 Å². The van der Waals surface area contributed by atoms with Gasteiger partial charge in [-0.05, 0) is 18.9 Å². The molecule has 0 saturated carbocycles. The van der Waals surface area contributed by atoms with E-state index in [9.17, 15) is 8.78 Å². The summed E-state index contributed by atoms with van der Waals surface area (Å²) in [4.78, 5) is 4.08. The number of halogens is 2. The maximum Gasteiger partial charge on any atom is 0.256 e. The monoisotopic (exact) mass is 226 g/mol. The van der Waals surface area contributed by atoms with Gasteiger partial charge in [-0.1, -0.05) is 0 Å². The zero-order chi connectivity index (χ0) is 11.8. The first-order valence-electron chi connectivity index (χ1n) is 4.84. The van der Waals surface area contributed by atoms with E-state index in [0.717, 1.165) is 0 Å². The van der Waals surface area contributed by atoms with Gasteiger partial charge in [-0.2, -0.15) is 5.10 Å². The van der Waals surface area contributed by atoms with Gasteiger partial charge < -0.3 is 5.73 Å². The molecule has 0 aliphatic rings. The first-order valence-corrected chi connectivity index (χ1v) is 4.84. The normalized spacial score (nSPS) is 15.6. The Morgan fingerprint density at radius 1 is 1.56 bits per heavy atom. The minimum atomic E-state index is -2.57. The zero-order valence-electron chi connectivity index (χ0n) is 8.77. The van der Waals surface area contributed by atoms with Gasteiger partial charge in [-0.15, -0.1) is 0 Å². The average Bonchev–Trinajstić information content (AvgIpc) is 2.63. The van der Waals surface area contributed by atoms with E-state index in [2.05, 4.69) is 10.1 Å². The van der Waals surface area contributed by atoms with Gasteiger partial charge in [0.25, 0.3) is 6.43 Å². The average molecular weight is 226 g/mol. The smallest absolute Gasteiger partial charge is 0.256 e. The van der Waals surface area contributed by atoms with Crippen LogP contribution in [0.25, 0.3) is 5.65 Å². The number of hydrogen-bond donors (Lipinski definition) is 1. The highest BCUT2D eigenvalue weighted by Crippen LogP contribution is 2.17. The molecule has 6 heteroatoms. The van der Waals surface area contributed by atoms with Crippen LogP contribution in [-0.4, -0.2) is 26.6 Å². The maximum absolute atomic E-state index is 12.6. The summed E-state index contributed by atoms with van der Waals surface area (Å²) in [6, 6.07) is 1.73. The second kappa shape index (κ2) is 3.79. The number of nitrogens with two attached hydrogens (primary N) is 1. The second-order valence-electron chi connectivity index (χ2n) is 4.08. The largest absolute Gasteiger partial charge is 0.320 e. The molecule has 0 aromatic carbocycles. The SMILES string of the molecule is CC(N)(Cc1cnc2ccnn2c1)C(F)F. The Labute approximate surface area is 91.1 Å². The molecule has 0 aliphatic heterocycles. The lowest BCUT2D eigenvalue weighted by Crippen LogP contribution is -2.45. The highest BCUT2D eigenvalue weighted by Gasteiger charge is 2.30. The number of aromatic nitrogens is 3. The molecule has 0 spiro atoms. The van der Waals surface area contributed by atoms with Crippen molar-refractivity contribution in [3.8, 4) is 0 Å². The standard InChI is InChI=1S/C10H12F2N4/c1-10(13,9(11)12)4-7-5-14-8-2-3-15-16(8)6-7/h2-3,5-6,9H,4,13H2,1H3. The summed E-state index contributed by atoms with van der Waals surface area (Å²) in [6.07, 6.45) is 2.30. The fourth-order valence-electron chi connectivity index (χ4n) is 1.46. The third kappa shape index (κ3) is 2.01. The summed E-state index contributed by atoms with van der Waals surface area (Å²) >= 11 is 0. The van der Waals surface area contributed by atoms with Crippen LogP contribution in [0.4, 0.5) is 8.78 Å². The van der Waals surface area contributed by atoms with Gasteiger partial charge in [-0.3, -0.25) is 0 Å². The quantitative estimate of drug-likeness (QED) is 0.857. The number of rotatable bonds is 3. The van der Waals surface area contributed by atoms with E-state index in [1.807, 2.05) is 0 Å². The van der Waals surface area contributed by atoms with Crippen LogP contribution in [0, 0.1) is 0 Å². The van der Waals surface area contributed by atoms with Gasteiger partial charge in [0.15, 0.2) is 5.65 Å². The Morgan fingerprint density at radius 2 is 2.31 bits per heavy atom. The Morgan fingerprint density at radius 3 is 3.00 bits per heavy atom. The number of fused-ring (bicyclic) bond motifs is 1. The van der Waals surface area contributed by atoms with E-state index in [4.69, 9.17) is 5.73 Å². The molecule has 16 heavy (non-hydrogen) atoms. The van der Waals surface area contributed by atoms with E-state index in [-0.39, 0.29) is 6.42 Å². The molecule has 0 fully saturated rings. The molecule has 0 amide bonds. The van der Waals surface area contributed by atoms with E-state index in [1.165, 1.54) is 11.4 Å². The van der Waals surface area contributed by atoms with Crippen molar-refractivity contribution in [2.75, 3.05) is 0 Å². The highest BCUT2D eigenvalue weighted by atomic mass is 19.3. The fraction of sp³-hybridized carbons (Fsp3) is 0.400. The fourth-order valence-corrected chi connectivity index (χ4v) is 1.46. The molecule has 2 heterocycles. The van der Waals surface area contributed by atoms with Crippen molar-refractivity contribution >= 4 is 5.65 Å². The molecule has 2 rings (SSSR count). The van der Waals surface area contributed by atoms with Crippen LogP contribution in [0.2, 0.25) is 0 Å². The molecule has 2 N–H and O–H groups in total. The highest BCUT2D eigenvalue weighted by molar-refractivity contribution is 5.36. The molecule has 2 aromatic rings. The first kappa shape index (κ1) is 10.9. The Balaban J connectivity index is 2.27. The van der Waals surface area contributed by atoms with Gasteiger partial charge >= 0.3 is 0 Å². The van der Waals surface area contributed by atoms with Gasteiger partial charge in [0.1, 0.15) is 0 Å². The number of hydrogen-bond acceptors (Lipinski definition) is 3. The van der Waals surface area contributed by atoms with Crippen molar-refractivity contribution in [3.63, 3.8) is 0 Å². The van der Waals surface area contributed by atoms with Gasteiger partial charge in [0.2, 0.25) is 0 Å². The third-order valence-electron chi connectivity index (χ3n) is 2.38. The maximum atomic E-state index is 12.6. The Kier molecular flexibility index (Phi) is 2.59. The van der Waals surface area contributed by atoms with Crippen molar-refractivity contribution in [3.05, 3.63) is 30.2 Å². The summed E-state index contributed by atoms with van der Waals surface area (Å²) < 4.78 is 26.7. The van der Waals surface area contributed by atoms with Gasteiger partial charge in [-0.25, -0.2) is 18.3 Å². The van der Waals surface area contributed by atoms with E-state index in [1.54, 1.807) is 24.7 Å². The number of alkyl halides is 2. The van der Waals surface area contributed by atoms with Crippen LogP contribution in [-0.2, 0) is 6.42 Å². The summed E-state index contributed by atoms with van der Waals surface area (Å²) in [5.41, 5.74) is 5.28. The van der Waals surface area contributed by atoms with E-state index >= 15 is 0 Å². The molecule has 1 unspecified atom stereocenters. The lowest BCUT2D eigenvalue weighted by Gasteiger charge is -2.23. The van der Waals surface area contributed by atoms with Crippen LogP contribution in [0.5, 0.6) is 0 Å². The molecular formula is C10H12F2N4. The van der Waals surface area contributed by atoms with Crippen LogP contribution in [0.3, 0.4) is 0 Å². The van der Waals surface area contributed by atoms with E-state index < -0.39 is 12.0 Å². The Hall–Kier alpha value is -1.56. The predicted octanol–water partition coefficient (Wildman–Crippen LogP) is 1.25. The topological polar surface area (TPSA) is 56.2 Å². The molecular weight excluding hydrogens is 214 g/mol. The number of nitrogens with zero attached hydrogens (tertiary/aromatic N) is 3. The predicted molar refractivity (Wildman–Crippen MR) is 55.3 cm³/mol. The molecule has 1 atom stereocenters. The first-order chi connectivity index (χ1) is 7.49. The molecule has 86 valence electrons. The Bertz CT molecular complexity index is 492. The molecule has 0 aliphatic carbocycles. The van der Waals surface area contributed by atoms with E-state index in [0.29, 0.717) is 11.2 Å². The zero-order valence-corrected chi connectivity index (χ0v) is 8.77. The van der Waals surface area contributed by atoms with Crippen LogP contribution in [0.15, 0.2) is 24.7 Å². The van der Waals surface area contributed by atoms with Gasteiger partial charge in [0.05, 0.1) is 11.7 Å². The third-order valence-corrected chi connectivity index (χ3v) is 2.38. The summed E-state index contributed by atoms with van der Waals surface area (Å²) in [5.74, 6) is 0. The summed E-state index contributed by atoms with van der Waals surface area (Å²) in [6.45, 7) is 1.32. The lowest BCUT2D eigenvalue weighted by atomic mass is 9.96.